The van der Waals surface area contributed by atoms with E-state index in [1.54, 1.807) is 30.5 Å². The molecule has 6 heteroatoms. The Morgan fingerprint density at radius 1 is 1.00 bits per heavy atom. The van der Waals surface area contributed by atoms with Gasteiger partial charge < -0.3 is 15.1 Å². The van der Waals surface area contributed by atoms with Crippen LogP contribution in [0.3, 0.4) is 0 Å². The molecule has 0 fully saturated rings. The first kappa shape index (κ1) is 19.0. The molecule has 2 amide bonds. The van der Waals surface area contributed by atoms with Gasteiger partial charge in [-0.1, -0.05) is 11.6 Å². The van der Waals surface area contributed by atoms with E-state index >= 15 is 0 Å². The second kappa shape index (κ2) is 8.27. The molecular weight excluding hydrogens is 364 g/mol. The van der Waals surface area contributed by atoms with Crippen LogP contribution in [0.25, 0.3) is 11.0 Å². The molecular formula is C21H21ClN2O3. The molecule has 0 aliphatic rings. The highest BCUT2D eigenvalue weighted by atomic mass is 35.5. The summed E-state index contributed by atoms with van der Waals surface area (Å²) in [4.78, 5) is 24.2. The average molecular weight is 385 g/mol. The van der Waals surface area contributed by atoms with Crippen molar-refractivity contribution in [2.24, 2.45) is 0 Å². The van der Waals surface area contributed by atoms with Crippen molar-refractivity contribution >= 4 is 34.4 Å². The highest BCUT2D eigenvalue weighted by Gasteiger charge is 2.12. The van der Waals surface area contributed by atoms with E-state index in [9.17, 15) is 9.59 Å². The maximum absolute atomic E-state index is 12.2. The Kier molecular flexibility index (Phi) is 5.81. The molecule has 0 spiro atoms. The number of benzene rings is 2. The number of hydrogen-bond acceptors (Lipinski definition) is 3. The molecule has 2 N–H and O–H groups in total. The topological polar surface area (TPSA) is 71.3 Å². The number of aryl methyl sites for hydroxylation is 2. The first-order valence-corrected chi connectivity index (χ1v) is 9.09. The molecule has 27 heavy (non-hydrogen) atoms. The Hall–Kier alpha value is -2.79. The van der Waals surface area contributed by atoms with E-state index in [1.807, 2.05) is 26.0 Å². The fraction of sp³-hybridized carbons (Fsp3) is 0.238. The zero-order chi connectivity index (χ0) is 19.4. The molecule has 0 atom stereocenters. The standard InChI is InChI=1S/C21H21ClN2O3/c1-13-9-18-16(12-27-19(18)10-14(13)2)11-20(25)23-7-8-24-21(26)15-3-5-17(22)6-4-15/h3-6,9-10,12H,7-8,11H2,1-2H3,(H,23,25)(H,24,26). The summed E-state index contributed by atoms with van der Waals surface area (Å²) in [5, 5.41) is 7.11. The van der Waals surface area contributed by atoms with Crippen LogP contribution >= 0.6 is 11.6 Å². The van der Waals surface area contributed by atoms with Crippen molar-refractivity contribution in [2.75, 3.05) is 13.1 Å². The number of rotatable bonds is 6. The summed E-state index contributed by atoms with van der Waals surface area (Å²) < 4.78 is 5.55. The predicted molar refractivity (Wildman–Crippen MR) is 106 cm³/mol. The average Bonchev–Trinajstić information content (AvgIpc) is 3.01. The zero-order valence-corrected chi connectivity index (χ0v) is 16.0. The van der Waals surface area contributed by atoms with Crippen LogP contribution in [0, 0.1) is 13.8 Å². The summed E-state index contributed by atoms with van der Waals surface area (Å²) in [6, 6.07) is 10.7. The van der Waals surface area contributed by atoms with Crippen LogP contribution in [-0.4, -0.2) is 24.9 Å². The molecule has 0 bridgehead atoms. The SMILES string of the molecule is Cc1cc2occ(CC(=O)NCCNC(=O)c3ccc(Cl)cc3)c2cc1C. The first-order valence-electron chi connectivity index (χ1n) is 8.72. The van der Waals surface area contributed by atoms with E-state index < -0.39 is 0 Å². The van der Waals surface area contributed by atoms with Crippen LogP contribution in [0.4, 0.5) is 0 Å². The van der Waals surface area contributed by atoms with Gasteiger partial charge in [0.15, 0.2) is 0 Å². The van der Waals surface area contributed by atoms with Crippen molar-refractivity contribution in [1.82, 2.24) is 10.6 Å². The Bertz CT molecular complexity index is 977. The third kappa shape index (κ3) is 4.68. The number of carbonyl (C=O) groups is 2. The maximum Gasteiger partial charge on any atom is 0.251 e. The van der Waals surface area contributed by atoms with Crippen LogP contribution < -0.4 is 10.6 Å². The normalized spacial score (nSPS) is 10.8. The molecule has 5 nitrogen and oxygen atoms in total. The van der Waals surface area contributed by atoms with Gasteiger partial charge in [0.1, 0.15) is 5.58 Å². The van der Waals surface area contributed by atoms with Gasteiger partial charge in [0.2, 0.25) is 5.91 Å². The van der Waals surface area contributed by atoms with E-state index in [-0.39, 0.29) is 18.2 Å². The number of halogens is 1. The summed E-state index contributed by atoms with van der Waals surface area (Å²) in [6.07, 6.45) is 1.87. The highest BCUT2D eigenvalue weighted by Crippen LogP contribution is 2.25. The van der Waals surface area contributed by atoms with Crippen molar-refractivity contribution in [2.45, 2.75) is 20.3 Å². The van der Waals surface area contributed by atoms with Crippen molar-refractivity contribution in [3.8, 4) is 0 Å². The minimum atomic E-state index is -0.201. The van der Waals surface area contributed by atoms with Gasteiger partial charge in [-0.15, -0.1) is 0 Å². The second-order valence-corrected chi connectivity index (χ2v) is 6.92. The number of amides is 2. The number of carbonyl (C=O) groups excluding carboxylic acids is 2. The molecule has 0 saturated heterocycles. The van der Waals surface area contributed by atoms with Gasteiger partial charge in [0.05, 0.1) is 12.7 Å². The van der Waals surface area contributed by atoms with Crippen molar-refractivity contribution in [1.29, 1.82) is 0 Å². The lowest BCUT2D eigenvalue weighted by Crippen LogP contribution is -2.35. The maximum atomic E-state index is 12.2. The van der Waals surface area contributed by atoms with Crippen LogP contribution in [0.2, 0.25) is 5.02 Å². The van der Waals surface area contributed by atoms with Crippen molar-refractivity contribution < 1.29 is 14.0 Å². The summed E-state index contributed by atoms with van der Waals surface area (Å²) in [5.74, 6) is -0.316. The first-order chi connectivity index (χ1) is 12.9. The van der Waals surface area contributed by atoms with Gasteiger partial charge in [0, 0.05) is 34.6 Å². The van der Waals surface area contributed by atoms with Crippen molar-refractivity contribution in [3.05, 3.63) is 69.9 Å². The molecule has 140 valence electrons. The van der Waals surface area contributed by atoms with E-state index in [2.05, 4.69) is 10.6 Å². The molecule has 3 aromatic rings. The predicted octanol–water partition coefficient (Wildman–Crippen LogP) is 3.79. The molecule has 3 rings (SSSR count). The van der Waals surface area contributed by atoms with Crippen LogP contribution in [0.5, 0.6) is 0 Å². The molecule has 2 aromatic carbocycles. The molecule has 0 saturated carbocycles. The minimum Gasteiger partial charge on any atom is -0.464 e. The molecule has 0 aliphatic carbocycles. The van der Waals surface area contributed by atoms with Crippen LogP contribution in [-0.2, 0) is 11.2 Å². The van der Waals surface area contributed by atoms with Gasteiger partial charge in [0.25, 0.3) is 5.91 Å². The fourth-order valence-corrected chi connectivity index (χ4v) is 2.92. The van der Waals surface area contributed by atoms with Gasteiger partial charge in [-0.25, -0.2) is 0 Å². The Morgan fingerprint density at radius 2 is 1.67 bits per heavy atom. The molecule has 1 aromatic heterocycles. The molecule has 1 heterocycles. The van der Waals surface area contributed by atoms with Gasteiger partial charge in [-0.05, 0) is 61.4 Å². The minimum absolute atomic E-state index is 0.114. The number of hydrogen-bond donors (Lipinski definition) is 2. The lowest BCUT2D eigenvalue weighted by atomic mass is 10.0. The van der Waals surface area contributed by atoms with E-state index in [4.69, 9.17) is 16.0 Å². The molecule has 0 radical (unpaired) electrons. The summed E-state index contributed by atoms with van der Waals surface area (Å²) in [6.45, 7) is 4.76. The van der Waals surface area contributed by atoms with Crippen LogP contribution in [0.1, 0.15) is 27.0 Å². The Morgan fingerprint density at radius 3 is 2.41 bits per heavy atom. The third-order valence-corrected chi connectivity index (χ3v) is 4.71. The Balaban J connectivity index is 1.48. The lowest BCUT2D eigenvalue weighted by molar-refractivity contribution is -0.120. The lowest BCUT2D eigenvalue weighted by Gasteiger charge is -2.07. The summed E-state index contributed by atoms with van der Waals surface area (Å²) >= 11 is 5.80. The third-order valence-electron chi connectivity index (χ3n) is 4.46. The second-order valence-electron chi connectivity index (χ2n) is 6.48. The van der Waals surface area contributed by atoms with Crippen molar-refractivity contribution in [3.63, 3.8) is 0 Å². The van der Waals surface area contributed by atoms with Gasteiger partial charge in [-0.2, -0.15) is 0 Å². The number of fused-ring (bicyclic) bond motifs is 1. The fourth-order valence-electron chi connectivity index (χ4n) is 2.79. The quantitative estimate of drug-likeness (QED) is 0.635. The smallest absolute Gasteiger partial charge is 0.251 e. The zero-order valence-electron chi connectivity index (χ0n) is 15.3. The summed E-state index contributed by atoms with van der Waals surface area (Å²) in [7, 11) is 0. The Labute approximate surface area is 162 Å². The largest absolute Gasteiger partial charge is 0.464 e. The van der Waals surface area contributed by atoms with Crippen LogP contribution in [0.15, 0.2) is 47.1 Å². The van der Waals surface area contributed by atoms with Gasteiger partial charge in [-0.3, -0.25) is 9.59 Å². The monoisotopic (exact) mass is 384 g/mol. The number of nitrogens with one attached hydrogen (secondary N) is 2. The molecule has 0 aliphatic heterocycles. The summed E-state index contributed by atoms with van der Waals surface area (Å²) in [5.41, 5.74) is 4.49. The van der Waals surface area contributed by atoms with E-state index in [1.165, 1.54) is 0 Å². The number of furan rings is 1. The van der Waals surface area contributed by atoms with Gasteiger partial charge >= 0.3 is 0 Å². The highest BCUT2D eigenvalue weighted by molar-refractivity contribution is 6.30. The van der Waals surface area contributed by atoms with E-state index in [0.717, 1.165) is 27.7 Å². The molecule has 0 unspecified atom stereocenters. The van der Waals surface area contributed by atoms with E-state index in [0.29, 0.717) is 23.7 Å².